The highest BCUT2D eigenvalue weighted by molar-refractivity contribution is 7.71. The maximum atomic E-state index is 12.9. The van der Waals surface area contributed by atoms with Crippen LogP contribution in [0.15, 0.2) is 30.3 Å². The second kappa shape index (κ2) is 6.56. The van der Waals surface area contributed by atoms with Crippen LogP contribution < -0.4 is 4.90 Å². The van der Waals surface area contributed by atoms with E-state index in [0.29, 0.717) is 0 Å². The van der Waals surface area contributed by atoms with Crippen LogP contribution >= 0.6 is 12.2 Å². The van der Waals surface area contributed by atoms with E-state index in [-0.39, 0.29) is 11.4 Å². The molecular formula is C15H18F3N5S. The van der Waals surface area contributed by atoms with Crippen molar-refractivity contribution in [2.75, 3.05) is 31.1 Å². The maximum Gasteiger partial charge on any atom is 0.451 e. The summed E-state index contributed by atoms with van der Waals surface area (Å²) in [6, 6.07) is 10.1. The smallest absolute Gasteiger partial charge is 0.369 e. The molecular weight excluding hydrogens is 339 g/mol. The Morgan fingerprint density at radius 1 is 1.08 bits per heavy atom. The van der Waals surface area contributed by atoms with Crippen LogP contribution in [0.5, 0.6) is 0 Å². The molecule has 1 saturated heterocycles. The van der Waals surface area contributed by atoms with E-state index in [2.05, 4.69) is 27.0 Å². The minimum Gasteiger partial charge on any atom is -0.369 e. The number of hydrogen-bond donors (Lipinski definition) is 0. The van der Waals surface area contributed by atoms with Gasteiger partial charge in [0.25, 0.3) is 0 Å². The molecule has 1 aliphatic heterocycles. The first-order valence-corrected chi connectivity index (χ1v) is 8.00. The second-order valence-electron chi connectivity index (χ2n) is 5.74. The summed E-state index contributed by atoms with van der Waals surface area (Å²) in [5.41, 5.74) is 1.16. The molecule has 130 valence electrons. The Morgan fingerprint density at radius 3 is 2.25 bits per heavy atom. The molecule has 0 amide bonds. The zero-order valence-electron chi connectivity index (χ0n) is 13.2. The lowest BCUT2D eigenvalue weighted by Crippen LogP contribution is -2.47. The van der Waals surface area contributed by atoms with Crippen molar-refractivity contribution in [1.29, 1.82) is 0 Å². The van der Waals surface area contributed by atoms with Gasteiger partial charge in [-0.1, -0.05) is 18.2 Å². The molecule has 0 bridgehead atoms. The summed E-state index contributed by atoms with van der Waals surface area (Å²) in [5, 5.41) is 3.65. The summed E-state index contributed by atoms with van der Waals surface area (Å²) in [5.74, 6) is -0.963. The van der Waals surface area contributed by atoms with Gasteiger partial charge in [-0.05, 0) is 24.4 Å². The Hall–Kier alpha value is -1.87. The van der Waals surface area contributed by atoms with Crippen LogP contribution in [0.25, 0.3) is 0 Å². The van der Waals surface area contributed by atoms with Crippen LogP contribution in [0, 0.1) is 4.77 Å². The molecule has 0 N–H and O–H groups in total. The van der Waals surface area contributed by atoms with E-state index in [0.717, 1.165) is 36.4 Å². The number of para-hydroxylation sites is 1. The van der Waals surface area contributed by atoms with Crippen molar-refractivity contribution in [3.63, 3.8) is 0 Å². The molecule has 0 radical (unpaired) electrons. The molecule has 5 nitrogen and oxygen atoms in total. The Balaban J connectivity index is 1.66. The van der Waals surface area contributed by atoms with E-state index < -0.39 is 12.0 Å². The number of benzene rings is 1. The van der Waals surface area contributed by atoms with Crippen molar-refractivity contribution in [3.8, 4) is 0 Å². The lowest BCUT2D eigenvalue weighted by Gasteiger charge is -2.35. The molecule has 1 aromatic heterocycles. The van der Waals surface area contributed by atoms with Crippen LogP contribution in [-0.2, 0) is 19.9 Å². The number of rotatable bonds is 3. The highest BCUT2D eigenvalue weighted by Gasteiger charge is 2.37. The quantitative estimate of drug-likeness (QED) is 0.790. The molecule has 0 atom stereocenters. The monoisotopic (exact) mass is 357 g/mol. The van der Waals surface area contributed by atoms with E-state index in [1.54, 1.807) is 0 Å². The zero-order chi connectivity index (χ0) is 17.3. The summed E-state index contributed by atoms with van der Waals surface area (Å²) >= 11 is 5.08. The van der Waals surface area contributed by atoms with Crippen LogP contribution in [0.4, 0.5) is 18.9 Å². The minimum atomic E-state index is -4.50. The van der Waals surface area contributed by atoms with E-state index >= 15 is 0 Å². The Kier molecular flexibility index (Phi) is 4.64. The summed E-state index contributed by atoms with van der Waals surface area (Å²) in [6.45, 7) is 3.39. The molecule has 3 rings (SSSR count). The third-order valence-corrected chi connectivity index (χ3v) is 4.61. The van der Waals surface area contributed by atoms with E-state index in [4.69, 9.17) is 12.2 Å². The number of aromatic nitrogens is 3. The van der Waals surface area contributed by atoms with Gasteiger partial charge in [0.1, 0.15) is 0 Å². The van der Waals surface area contributed by atoms with Crippen LogP contribution in [-0.4, -0.2) is 45.4 Å². The van der Waals surface area contributed by atoms with Crippen LogP contribution in [0.2, 0.25) is 0 Å². The third kappa shape index (κ3) is 3.46. The van der Waals surface area contributed by atoms with Crippen LogP contribution in [0.1, 0.15) is 5.82 Å². The molecule has 0 saturated carbocycles. The standard InChI is InChI=1S/C15H18F3N5S/c1-20-13(15(16,17)18)19-23(14(20)24)11-21-7-9-22(10-8-21)12-5-3-2-4-6-12/h2-6H,7-11H2,1H3. The summed E-state index contributed by atoms with van der Waals surface area (Å²) < 4.78 is 40.9. The van der Waals surface area contributed by atoms with Crippen molar-refractivity contribution >= 4 is 17.9 Å². The number of anilines is 1. The molecule has 1 aliphatic rings. The van der Waals surface area contributed by atoms with E-state index in [9.17, 15) is 13.2 Å². The first-order chi connectivity index (χ1) is 11.4. The number of alkyl halides is 3. The fourth-order valence-corrected chi connectivity index (χ4v) is 2.99. The fourth-order valence-electron chi connectivity index (χ4n) is 2.80. The van der Waals surface area contributed by atoms with Gasteiger partial charge in [0.2, 0.25) is 5.82 Å². The van der Waals surface area contributed by atoms with Gasteiger partial charge in [-0.2, -0.15) is 13.2 Å². The fraction of sp³-hybridized carbons (Fsp3) is 0.467. The molecule has 2 aromatic rings. The summed E-state index contributed by atoms with van der Waals surface area (Å²) in [6.07, 6.45) is -4.50. The number of halogens is 3. The maximum absolute atomic E-state index is 12.9. The van der Waals surface area contributed by atoms with Gasteiger partial charge in [0.15, 0.2) is 4.77 Å². The molecule has 9 heteroatoms. The van der Waals surface area contributed by atoms with Gasteiger partial charge in [0, 0.05) is 38.9 Å². The minimum absolute atomic E-state index is 0.0767. The van der Waals surface area contributed by atoms with Crippen molar-refractivity contribution in [2.45, 2.75) is 12.8 Å². The molecule has 0 aliphatic carbocycles. The van der Waals surface area contributed by atoms with Gasteiger partial charge >= 0.3 is 6.18 Å². The van der Waals surface area contributed by atoms with E-state index in [1.807, 2.05) is 18.2 Å². The number of nitrogens with zero attached hydrogens (tertiary/aromatic N) is 5. The van der Waals surface area contributed by atoms with Crippen molar-refractivity contribution in [3.05, 3.63) is 40.9 Å². The van der Waals surface area contributed by atoms with E-state index in [1.165, 1.54) is 11.7 Å². The predicted molar refractivity (Wildman–Crippen MR) is 87.3 cm³/mol. The molecule has 1 fully saturated rings. The summed E-state index contributed by atoms with van der Waals surface area (Å²) in [7, 11) is 1.29. The predicted octanol–water partition coefficient (Wildman–Crippen LogP) is 2.75. The van der Waals surface area contributed by atoms with Gasteiger partial charge in [-0.3, -0.25) is 9.47 Å². The van der Waals surface area contributed by atoms with Gasteiger partial charge in [-0.25, -0.2) is 4.68 Å². The van der Waals surface area contributed by atoms with Crippen LogP contribution in [0.3, 0.4) is 0 Å². The van der Waals surface area contributed by atoms with Crippen molar-refractivity contribution < 1.29 is 13.2 Å². The second-order valence-corrected chi connectivity index (χ2v) is 6.11. The third-order valence-electron chi connectivity index (χ3n) is 4.12. The first-order valence-electron chi connectivity index (χ1n) is 7.59. The van der Waals surface area contributed by atoms with Gasteiger partial charge < -0.3 is 4.90 Å². The molecule has 0 unspecified atom stereocenters. The largest absolute Gasteiger partial charge is 0.451 e. The lowest BCUT2D eigenvalue weighted by molar-refractivity contribution is -0.147. The Bertz CT molecular complexity index is 745. The average molecular weight is 357 g/mol. The number of hydrogen-bond acceptors (Lipinski definition) is 4. The highest BCUT2D eigenvalue weighted by Crippen LogP contribution is 2.27. The van der Waals surface area contributed by atoms with Gasteiger partial charge in [0.05, 0.1) is 6.67 Å². The lowest BCUT2D eigenvalue weighted by atomic mass is 10.2. The molecule has 1 aromatic carbocycles. The molecule has 0 spiro atoms. The normalized spacial score (nSPS) is 16.6. The molecule has 2 heterocycles. The SMILES string of the molecule is Cn1c(C(F)(F)F)nn(CN2CCN(c3ccccc3)CC2)c1=S. The Morgan fingerprint density at radius 2 is 1.71 bits per heavy atom. The zero-order valence-corrected chi connectivity index (χ0v) is 14.0. The Labute approximate surface area is 142 Å². The molecule has 24 heavy (non-hydrogen) atoms. The van der Waals surface area contributed by atoms with Crippen molar-refractivity contribution in [1.82, 2.24) is 19.2 Å². The highest BCUT2D eigenvalue weighted by atomic mass is 32.1. The number of piperazine rings is 1. The van der Waals surface area contributed by atoms with Crippen molar-refractivity contribution in [2.24, 2.45) is 7.05 Å². The topological polar surface area (TPSA) is 29.2 Å². The average Bonchev–Trinajstić information content (AvgIpc) is 2.85. The van der Waals surface area contributed by atoms with Gasteiger partial charge in [-0.15, -0.1) is 5.10 Å². The summed E-state index contributed by atoms with van der Waals surface area (Å²) in [4.78, 5) is 4.32. The first kappa shape index (κ1) is 17.0.